The Hall–Kier alpha value is -1.24. The lowest BCUT2D eigenvalue weighted by molar-refractivity contribution is 0.524. The second kappa shape index (κ2) is 6.03. The fourth-order valence-electron chi connectivity index (χ4n) is 2.46. The molecular formula is C14H18BrFN4. The molecule has 0 aliphatic rings. The predicted molar refractivity (Wildman–Crippen MR) is 80.6 cm³/mol. The minimum Gasteiger partial charge on any atom is -0.272 e. The number of aryl methyl sites for hydroxylation is 2. The number of hydrogen-bond donors (Lipinski definition) is 2. The Labute approximate surface area is 126 Å². The minimum absolute atomic E-state index is 0.174. The van der Waals surface area contributed by atoms with Crippen LogP contribution in [0.5, 0.6) is 0 Å². The van der Waals surface area contributed by atoms with Crippen LogP contribution in [0.2, 0.25) is 0 Å². The Bertz CT molecular complexity index is 624. The molecule has 1 unspecified atom stereocenters. The Morgan fingerprint density at radius 2 is 2.15 bits per heavy atom. The molecule has 4 nitrogen and oxygen atoms in total. The maximum atomic E-state index is 13.9. The molecular weight excluding hydrogens is 323 g/mol. The van der Waals surface area contributed by atoms with Crippen LogP contribution in [0.4, 0.5) is 4.39 Å². The number of nitrogens with zero attached hydrogens (tertiary/aromatic N) is 2. The summed E-state index contributed by atoms with van der Waals surface area (Å²) in [6.07, 6.45) is 0.467. The fourth-order valence-corrected chi connectivity index (χ4v) is 2.87. The van der Waals surface area contributed by atoms with Gasteiger partial charge in [-0.15, -0.1) is 0 Å². The highest BCUT2D eigenvalue weighted by atomic mass is 79.9. The van der Waals surface area contributed by atoms with Gasteiger partial charge in [0.1, 0.15) is 5.82 Å². The topological polar surface area (TPSA) is 55.9 Å². The first-order valence-corrected chi connectivity index (χ1v) is 7.13. The molecule has 2 aromatic rings. The van der Waals surface area contributed by atoms with E-state index in [1.54, 1.807) is 12.1 Å². The monoisotopic (exact) mass is 340 g/mol. The van der Waals surface area contributed by atoms with Gasteiger partial charge < -0.3 is 0 Å². The molecule has 0 aliphatic heterocycles. The average molecular weight is 341 g/mol. The molecule has 1 heterocycles. The minimum atomic E-state index is -0.229. The number of rotatable bonds is 4. The summed E-state index contributed by atoms with van der Waals surface area (Å²) >= 11 is 3.36. The molecule has 1 aromatic carbocycles. The van der Waals surface area contributed by atoms with Gasteiger partial charge in [-0.05, 0) is 44.0 Å². The maximum Gasteiger partial charge on any atom is 0.126 e. The van der Waals surface area contributed by atoms with Crippen LogP contribution in [-0.2, 0) is 13.5 Å². The summed E-state index contributed by atoms with van der Waals surface area (Å²) in [6, 6.07) is 4.74. The zero-order valence-corrected chi connectivity index (χ0v) is 13.3. The van der Waals surface area contributed by atoms with E-state index in [1.165, 1.54) is 6.07 Å². The summed E-state index contributed by atoms with van der Waals surface area (Å²) in [7, 11) is 1.89. The summed E-state index contributed by atoms with van der Waals surface area (Å²) in [5.74, 6) is 5.44. The van der Waals surface area contributed by atoms with E-state index in [0.717, 1.165) is 21.4 Å². The molecule has 0 aliphatic carbocycles. The van der Waals surface area contributed by atoms with Crippen molar-refractivity contribution in [3.05, 3.63) is 51.0 Å². The summed E-state index contributed by atoms with van der Waals surface area (Å²) < 4.78 is 16.5. The molecule has 0 spiro atoms. The largest absolute Gasteiger partial charge is 0.272 e. The third-order valence-electron chi connectivity index (χ3n) is 3.55. The van der Waals surface area contributed by atoms with E-state index in [2.05, 4.69) is 26.5 Å². The third-order valence-corrected chi connectivity index (χ3v) is 4.04. The molecule has 0 radical (unpaired) electrons. The highest BCUT2D eigenvalue weighted by molar-refractivity contribution is 9.10. The standard InChI is InChI=1S/C14H18BrFN4/c1-8-14(9(2)20(3)19-8)13(18-17)7-10-6-11(15)4-5-12(10)16/h4-6,13,18H,7,17H2,1-3H3. The van der Waals surface area contributed by atoms with Crippen molar-refractivity contribution in [1.82, 2.24) is 15.2 Å². The van der Waals surface area contributed by atoms with Crippen molar-refractivity contribution >= 4 is 15.9 Å². The summed E-state index contributed by atoms with van der Waals surface area (Å²) in [6.45, 7) is 3.92. The van der Waals surface area contributed by atoms with E-state index in [4.69, 9.17) is 5.84 Å². The van der Waals surface area contributed by atoms with E-state index in [0.29, 0.717) is 12.0 Å². The third kappa shape index (κ3) is 2.92. The van der Waals surface area contributed by atoms with Crippen LogP contribution in [0.1, 0.15) is 28.6 Å². The highest BCUT2D eigenvalue weighted by Gasteiger charge is 2.20. The van der Waals surface area contributed by atoms with Crippen molar-refractivity contribution in [2.75, 3.05) is 0 Å². The van der Waals surface area contributed by atoms with Gasteiger partial charge in [-0.3, -0.25) is 16.0 Å². The van der Waals surface area contributed by atoms with Gasteiger partial charge in [0.25, 0.3) is 0 Å². The Morgan fingerprint density at radius 1 is 1.45 bits per heavy atom. The number of hydrazine groups is 1. The molecule has 20 heavy (non-hydrogen) atoms. The van der Waals surface area contributed by atoms with Crippen LogP contribution < -0.4 is 11.3 Å². The molecule has 0 fully saturated rings. The summed E-state index contributed by atoms with van der Waals surface area (Å²) in [4.78, 5) is 0. The van der Waals surface area contributed by atoms with Crippen LogP contribution in [-0.4, -0.2) is 9.78 Å². The summed E-state index contributed by atoms with van der Waals surface area (Å²) in [5.41, 5.74) is 6.35. The van der Waals surface area contributed by atoms with Crippen molar-refractivity contribution in [2.24, 2.45) is 12.9 Å². The molecule has 2 rings (SSSR count). The Balaban J connectivity index is 2.36. The van der Waals surface area contributed by atoms with Gasteiger partial charge >= 0.3 is 0 Å². The molecule has 0 saturated heterocycles. The first kappa shape index (κ1) is 15.2. The van der Waals surface area contributed by atoms with E-state index in [1.807, 2.05) is 25.6 Å². The van der Waals surface area contributed by atoms with Gasteiger partial charge in [0.05, 0.1) is 11.7 Å². The van der Waals surface area contributed by atoms with Crippen LogP contribution >= 0.6 is 15.9 Å². The van der Waals surface area contributed by atoms with Crippen molar-refractivity contribution in [1.29, 1.82) is 0 Å². The van der Waals surface area contributed by atoms with Crippen LogP contribution in [0.25, 0.3) is 0 Å². The zero-order valence-electron chi connectivity index (χ0n) is 11.7. The van der Waals surface area contributed by atoms with Crippen LogP contribution in [0.15, 0.2) is 22.7 Å². The lowest BCUT2D eigenvalue weighted by Gasteiger charge is -2.17. The lowest BCUT2D eigenvalue weighted by atomic mass is 9.97. The molecule has 108 valence electrons. The molecule has 3 N–H and O–H groups in total. The number of aromatic nitrogens is 2. The van der Waals surface area contributed by atoms with Crippen molar-refractivity contribution in [3.8, 4) is 0 Å². The number of nitrogens with two attached hydrogens (primary N) is 1. The second-order valence-electron chi connectivity index (χ2n) is 4.87. The number of nitrogens with one attached hydrogen (secondary N) is 1. The van der Waals surface area contributed by atoms with Gasteiger partial charge in [0.15, 0.2) is 0 Å². The van der Waals surface area contributed by atoms with Gasteiger partial charge in [-0.1, -0.05) is 15.9 Å². The maximum absolute atomic E-state index is 13.9. The van der Waals surface area contributed by atoms with E-state index < -0.39 is 0 Å². The van der Waals surface area contributed by atoms with Crippen molar-refractivity contribution < 1.29 is 4.39 Å². The summed E-state index contributed by atoms with van der Waals surface area (Å²) in [5, 5.41) is 4.38. The smallest absolute Gasteiger partial charge is 0.126 e. The van der Waals surface area contributed by atoms with E-state index >= 15 is 0 Å². The Kier molecular flexibility index (Phi) is 4.57. The zero-order chi connectivity index (χ0) is 14.9. The quantitative estimate of drug-likeness (QED) is 0.664. The normalized spacial score (nSPS) is 12.7. The van der Waals surface area contributed by atoms with Crippen molar-refractivity contribution in [2.45, 2.75) is 26.3 Å². The van der Waals surface area contributed by atoms with Crippen LogP contribution in [0, 0.1) is 19.7 Å². The highest BCUT2D eigenvalue weighted by Crippen LogP contribution is 2.26. The lowest BCUT2D eigenvalue weighted by Crippen LogP contribution is -2.30. The SMILES string of the molecule is Cc1nn(C)c(C)c1C(Cc1cc(Br)ccc1F)NN. The predicted octanol–water partition coefficient (Wildman–Crippen LogP) is 2.69. The molecule has 0 saturated carbocycles. The first-order chi connectivity index (χ1) is 9.43. The Morgan fingerprint density at radius 3 is 2.70 bits per heavy atom. The van der Waals surface area contributed by atoms with Gasteiger partial charge in [0, 0.05) is 22.8 Å². The average Bonchev–Trinajstić information content (AvgIpc) is 2.65. The van der Waals surface area contributed by atoms with E-state index in [-0.39, 0.29) is 11.9 Å². The van der Waals surface area contributed by atoms with E-state index in [9.17, 15) is 4.39 Å². The molecule has 1 aromatic heterocycles. The number of benzene rings is 1. The van der Waals surface area contributed by atoms with Crippen LogP contribution in [0.3, 0.4) is 0 Å². The van der Waals surface area contributed by atoms with Gasteiger partial charge in [-0.2, -0.15) is 5.10 Å². The molecule has 0 bridgehead atoms. The number of halogens is 2. The number of hydrogen-bond acceptors (Lipinski definition) is 3. The van der Waals surface area contributed by atoms with Gasteiger partial charge in [-0.25, -0.2) is 4.39 Å². The fraction of sp³-hybridized carbons (Fsp3) is 0.357. The molecule has 1 atom stereocenters. The second-order valence-corrected chi connectivity index (χ2v) is 5.78. The van der Waals surface area contributed by atoms with Crippen molar-refractivity contribution in [3.63, 3.8) is 0 Å². The molecule has 0 amide bonds. The first-order valence-electron chi connectivity index (χ1n) is 6.34. The van der Waals surface area contributed by atoms with Gasteiger partial charge in [0.2, 0.25) is 0 Å². The molecule has 6 heteroatoms.